The summed E-state index contributed by atoms with van der Waals surface area (Å²) in [7, 11) is 0. The lowest BCUT2D eigenvalue weighted by atomic mass is 10.2. The van der Waals surface area contributed by atoms with Gasteiger partial charge in [-0.3, -0.25) is 4.79 Å². The van der Waals surface area contributed by atoms with Gasteiger partial charge in [-0.2, -0.15) is 0 Å². The third kappa shape index (κ3) is 2.72. The quantitative estimate of drug-likeness (QED) is 0.456. The van der Waals surface area contributed by atoms with Gasteiger partial charge in [-0.15, -0.1) is 0 Å². The van der Waals surface area contributed by atoms with Crippen molar-refractivity contribution in [2.75, 3.05) is 0 Å². The fraction of sp³-hybridized carbons (Fsp3) is 0.100. The first-order chi connectivity index (χ1) is 6.59. The lowest BCUT2D eigenvalue weighted by Gasteiger charge is -1.96. The molecule has 0 aliphatic heterocycles. The maximum Gasteiger partial charge on any atom is 0.315 e. The first kappa shape index (κ1) is 9.93. The maximum absolute atomic E-state index is 10.1. The monoisotopic (exact) mass is 192 g/mol. The molecule has 0 unspecified atom stereocenters. The van der Waals surface area contributed by atoms with Crippen molar-refractivity contribution >= 4 is 5.97 Å². The summed E-state index contributed by atoms with van der Waals surface area (Å²) in [6.07, 6.45) is -0.248. The van der Waals surface area contributed by atoms with E-state index in [4.69, 9.17) is 15.3 Å². The zero-order valence-electron chi connectivity index (χ0n) is 7.19. The molecule has 0 aromatic heterocycles. The van der Waals surface area contributed by atoms with Crippen LogP contribution in [0, 0.1) is 11.8 Å². The molecule has 0 saturated heterocycles. The molecule has 4 heteroatoms. The molecule has 4 nitrogen and oxygen atoms in total. The van der Waals surface area contributed by atoms with Gasteiger partial charge in [0.1, 0.15) is 6.42 Å². The smallest absolute Gasteiger partial charge is 0.315 e. The number of aliphatic carboxylic acids is 1. The molecule has 0 saturated carbocycles. The van der Waals surface area contributed by atoms with Gasteiger partial charge in [0.25, 0.3) is 0 Å². The zero-order chi connectivity index (χ0) is 10.6. The predicted molar refractivity (Wildman–Crippen MR) is 48.9 cm³/mol. The van der Waals surface area contributed by atoms with Crippen molar-refractivity contribution < 1.29 is 20.1 Å². The van der Waals surface area contributed by atoms with Crippen LogP contribution in [0.4, 0.5) is 0 Å². The van der Waals surface area contributed by atoms with Gasteiger partial charge in [0.15, 0.2) is 11.5 Å². The molecule has 1 aromatic carbocycles. The molecule has 3 N–H and O–H groups in total. The van der Waals surface area contributed by atoms with Crippen LogP contribution in [0.15, 0.2) is 18.2 Å². The molecule has 1 rings (SSSR count). The summed E-state index contributed by atoms with van der Waals surface area (Å²) in [5.74, 6) is 3.45. The first-order valence-corrected chi connectivity index (χ1v) is 3.82. The Morgan fingerprint density at radius 1 is 1.29 bits per heavy atom. The summed E-state index contributed by atoms with van der Waals surface area (Å²) < 4.78 is 0. The van der Waals surface area contributed by atoms with Crippen molar-refractivity contribution in [3.05, 3.63) is 23.8 Å². The fourth-order valence-electron chi connectivity index (χ4n) is 0.823. The van der Waals surface area contributed by atoms with Crippen molar-refractivity contribution in [1.82, 2.24) is 0 Å². The number of aromatic hydroxyl groups is 2. The highest BCUT2D eigenvalue weighted by Gasteiger charge is 1.97. The highest BCUT2D eigenvalue weighted by molar-refractivity contribution is 5.70. The summed E-state index contributed by atoms with van der Waals surface area (Å²) in [6, 6.07) is 4.05. The first-order valence-electron chi connectivity index (χ1n) is 3.82. The van der Waals surface area contributed by atoms with E-state index in [2.05, 4.69) is 11.8 Å². The molecule has 0 spiro atoms. The number of phenols is 2. The molecule has 0 atom stereocenters. The van der Waals surface area contributed by atoms with E-state index in [1.165, 1.54) is 18.2 Å². The van der Waals surface area contributed by atoms with Crippen molar-refractivity contribution in [2.24, 2.45) is 0 Å². The van der Waals surface area contributed by atoms with Gasteiger partial charge in [0.05, 0.1) is 0 Å². The number of hydrogen-bond donors (Lipinski definition) is 3. The molecule has 1 aromatic rings. The molecule has 14 heavy (non-hydrogen) atoms. The van der Waals surface area contributed by atoms with E-state index in [1.807, 2.05) is 0 Å². The van der Waals surface area contributed by atoms with Crippen LogP contribution in [0.3, 0.4) is 0 Å². The number of carboxylic acid groups (broad SMARTS) is 1. The molecule has 0 fully saturated rings. The second kappa shape index (κ2) is 4.19. The van der Waals surface area contributed by atoms with Crippen molar-refractivity contribution in [3.8, 4) is 23.3 Å². The van der Waals surface area contributed by atoms with E-state index >= 15 is 0 Å². The van der Waals surface area contributed by atoms with Crippen LogP contribution in [-0.4, -0.2) is 21.3 Å². The number of carboxylic acids is 1. The zero-order valence-corrected chi connectivity index (χ0v) is 7.19. The van der Waals surface area contributed by atoms with Crippen LogP contribution < -0.4 is 0 Å². The second-order valence-electron chi connectivity index (χ2n) is 2.58. The number of carbonyl (C=O) groups is 1. The lowest BCUT2D eigenvalue weighted by Crippen LogP contribution is -1.90. The Morgan fingerprint density at radius 2 is 2.00 bits per heavy atom. The standard InChI is InChI=1S/C10H8O4/c11-8-5-4-7(6-9(8)12)2-1-3-10(13)14/h4-6,11-12H,3H2,(H,13,14). The Bertz CT molecular complexity index is 412. The summed E-state index contributed by atoms with van der Waals surface area (Å²) in [6.45, 7) is 0. The van der Waals surface area contributed by atoms with Gasteiger partial charge in [-0.25, -0.2) is 0 Å². The Balaban J connectivity index is 2.81. The fourth-order valence-corrected chi connectivity index (χ4v) is 0.823. The van der Waals surface area contributed by atoms with Gasteiger partial charge in [-0.05, 0) is 18.2 Å². The Morgan fingerprint density at radius 3 is 2.57 bits per heavy atom. The number of hydrogen-bond acceptors (Lipinski definition) is 3. The van der Waals surface area contributed by atoms with Gasteiger partial charge >= 0.3 is 5.97 Å². The van der Waals surface area contributed by atoms with Gasteiger partial charge in [-0.1, -0.05) is 11.8 Å². The molecule has 0 radical (unpaired) electrons. The third-order valence-electron chi connectivity index (χ3n) is 1.45. The van der Waals surface area contributed by atoms with Crippen molar-refractivity contribution in [3.63, 3.8) is 0 Å². The van der Waals surface area contributed by atoms with Crippen molar-refractivity contribution in [1.29, 1.82) is 0 Å². The average Bonchev–Trinajstić information content (AvgIpc) is 2.10. The van der Waals surface area contributed by atoms with Gasteiger partial charge in [0.2, 0.25) is 0 Å². The van der Waals surface area contributed by atoms with Crippen molar-refractivity contribution in [2.45, 2.75) is 6.42 Å². The normalized spacial score (nSPS) is 8.86. The van der Waals surface area contributed by atoms with Gasteiger partial charge < -0.3 is 15.3 Å². The SMILES string of the molecule is O=C(O)CC#Cc1ccc(O)c(O)c1. The van der Waals surface area contributed by atoms with Crippen LogP contribution in [0.1, 0.15) is 12.0 Å². The highest BCUT2D eigenvalue weighted by atomic mass is 16.4. The van der Waals surface area contributed by atoms with E-state index in [1.54, 1.807) is 0 Å². The third-order valence-corrected chi connectivity index (χ3v) is 1.45. The van der Waals surface area contributed by atoms with Crippen LogP contribution in [0.2, 0.25) is 0 Å². The number of phenolic OH excluding ortho intramolecular Hbond substituents is 2. The van der Waals surface area contributed by atoms with Crippen LogP contribution >= 0.6 is 0 Å². The Labute approximate surface area is 80.4 Å². The molecule has 0 aliphatic carbocycles. The average molecular weight is 192 g/mol. The molecule has 0 bridgehead atoms. The van der Waals surface area contributed by atoms with Gasteiger partial charge in [0, 0.05) is 5.56 Å². The number of benzene rings is 1. The molecular formula is C10H8O4. The van der Waals surface area contributed by atoms with Crippen LogP contribution in [-0.2, 0) is 4.79 Å². The molecule has 72 valence electrons. The van der Waals surface area contributed by atoms with E-state index in [9.17, 15) is 4.79 Å². The number of rotatable bonds is 1. The largest absolute Gasteiger partial charge is 0.504 e. The van der Waals surface area contributed by atoms with Crippen LogP contribution in [0.25, 0.3) is 0 Å². The second-order valence-corrected chi connectivity index (χ2v) is 2.58. The Hall–Kier alpha value is -2.15. The highest BCUT2D eigenvalue weighted by Crippen LogP contribution is 2.24. The summed E-state index contributed by atoms with van der Waals surface area (Å²) in [4.78, 5) is 10.1. The topological polar surface area (TPSA) is 77.8 Å². The molecular weight excluding hydrogens is 184 g/mol. The van der Waals surface area contributed by atoms with E-state index in [0.29, 0.717) is 5.56 Å². The summed E-state index contributed by atoms with van der Waals surface area (Å²) in [5, 5.41) is 26.3. The predicted octanol–water partition coefficient (Wildman–Crippen LogP) is 0.924. The molecule has 0 heterocycles. The minimum Gasteiger partial charge on any atom is -0.504 e. The van der Waals surface area contributed by atoms with E-state index < -0.39 is 5.97 Å². The van der Waals surface area contributed by atoms with E-state index in [-0.39, 0.29) is 17.9 Å². The lowest BCUT2D eigenvalue weighted by molar-refractivity contribution is -0.135. The maximum atomic E-state index is 10.1. The summed E-state index contributed by atoms with van der Waals surface area (Å²) in [5.41, 5.74) is 0.460. The molecule has 0 aliphatic rings. The molecule has 0 amide bonds. The summed E-state index contributed by atoms with van der Waals surface area (Å²) >= 11 is 0. The minimum absolute atomic E-state index is 0.228. The Kier molecular flexibility index (Phi) is 2.97. The van der Waals surface area contributed by atoms with Crippen LogP contribution in [0.5, 0.6) is 11.5 Å². The minimum atomic E-state index is -1.000. The van der Waals surface area contributed by atoms with E-state index in [0.717, 1.165) is 0 Å².